The number of ketones is 1. The van der Waals surface area contributed by atoms with E-state index in [4.69, 9.17) is 0 Å². The van der Waals surface area contributed by atoms with E-state index < -0.39 is 0 Å². The maximum atomic E-state index is 12.3. The Morgan fingerprint density at radius 1 is 1.04 bits per heavy atom. The SMILES string of the molecule is O=C(CCC(=O)c1ccc2c(c1)CCCC2)Nc1cccnc1. The number of rotatable bonds is 5. The number of carbonyl (C=O) groups excluding carboxylic acids is 2. The van der Waals surface area contributed by atoms with Crippen LogP contribution in [0.1, 0.15) is 47.2 Å². The lowest BCUT2D eigenvalue weighted by atomic mass is 9.89. The second kappa shape index (κ2) is 7.18. The number of Topliss-reactive ketones (excluding diaryl/α,β-unsaturated/α-hetero) is 1. The number of aromatic nitrogens is 1. The Kier molecular flexibility index (Phi) is 4.81. The smallest absolute Gasteiger partial charge is 0.224 e. The molecule has 1 aromatic heterocycles. The largest absolute Gasteiger partial charge is 0.325 e. The lowest BCUT2D eigenvalue weighted by Gasteiger charge is -2.16. The average molecular weight is 308 g/mol. The molecule has 4 nitrogen and oxygen atoms in total. The molecule has 23 heavy (non-hydrogen) atoms. The zero-order valence-electron chi connectivity index (χ0n) is 13.0. The molecule has 1 amide bonds. The molecule has 3 rings (SSSR count). The minimum atomic E-state index is -0.163. The number of hydrogen-bond donors (Lipinski definition) is 1. The monoisotopic (exact) mass is 308 g/mol. The Hall–Kier alpha value is -2.49. The van der Waals surface area contributed by atoms with Gasteiger partial charge in [0.2, 0.25) is 5.91 Å². The number of aryl methyl sites for hydroxylation is 2. The summed E-state index contributed by atoms with van der Waals surface area (Å²) in [7, 11) is 0. The van der Waals surface area contributed by atoms with Gasteiger partial charge in [0.25, 0.3) is 0 Å². The van der Waals surface area contributed by atoms with E-state index in [1.807, 2.05) is 12.1 Å². The van der Waals surface area contributed by atoms with Crippen LogP contribution in [0.15, 0.2) is 42.7 Å². The van der Waals surface area contributed by atoms with Crippen LogP contribution in [-0.2, 0) is 17.6 Å². The van der Waals surface area contributed by atoms with E-state index in [1.54, 1.807) is 24.5 Å². The van der Waals surface area contributed by atoms with Gasteiger partial charge in [-0.25, -0.2) is 0 Å². The van der Waals surface area contributed by atoms with Gasteiger partial charge in [-0.3, -0.25) is 14.6 Å². The van der Waals surface area contributed by atoms with Gasteiger partial charge in [0.1, 0.15) is 0 Å². The molecule has 0 aliphatic heterocycles. The lowest BCUT2D eigenvalue weighted by Crippen LogP contribution is -2.14. The Balaban J connectivity index is 1.56. The Bertz CT molecular complexity index is 711. The van der Waals surface area contributed by atoms with Gasteiger partial charge in [-0.2, -0.15) is 0 Å². The van der Waals surface area contributed by atoms with Crippen molar-refractivity contribution in [3.63, 3.8) is 0 Å². The predicted octanol–water partition coefficient (Wildman–Crippen LogP) is 3.56. The highest BCUT2D eigenvalue weighted by Crippen LogP contribution is 2.23. The first kappa shape index (κ1) is 15.4. The summed E-state index contributed by atoms with van der Waals surface area (Å²) < 4.78 is 0. The van der Waals surface area contributed by atoms with Crippen LogP contribution in [0.4, 0.5) is 5.69 Å². The number of benzene rings is 1. The number of nitrogens with one attached hydrogen (secondary N) is 1. The van der Waals surface area contributed by atoms with Gasteiger partial charge in [0.05, 0.1) is 11.9 Å². The first-order valence-corrected chi connectivity index (χ1v) is 8.07. The minimum absolute atomic E-state index is 0.0275. The van der Waals surface area contributed by atoms with Gasteiger partial charge in [-0.15, -0.1) is 0 Å². The number of nitrogens with zero attached hydrogens (tertiary/aromatic N) is 1. The Labute approximate surface area is 135 Å². The topological polar surface area (TPSA) is 59.1 Å². The van der Waals surface area contributed by atoms with Gasteiger partial charge in [-0.05, 0) is 55.0 Å². The Morgan fingerprint density at radius 3 is 2.65 bits per heavy atom. The fraction of sp³-hybridized carbons (Fsp3) is 0.316. The van der Waals surface area contributed by atoms with E-state index in [0.717, 1.165) is 18.4 Å². The third-order valence-electron chi connectivity index (χ3n) is 4.19. The third-order valence-corrected chi connectivity index (χ3v) is 4.19. The zero-order valence-corrected chi connectivity index (χ0v) is 13.0. The molecule has 1 aromatic carbocycles. The standard InChI is InChI=1S/C19H20N2O2/c22-18(9-10-19(23)21-17-6-3-11-20-13-17)16-8-7-14-4-1-2-5-15(14)12-16/h3,6-8,11-13H,1-2,4-5,9-10H2,(H,21,23). The lowest BCUT2D eigenvalue weighted by molar-refractivity contribution is -0.116. The van der Waals surface area contributed by atoms with Crippen molar-refractivity contribution in [2.24, 2.45) is 0 Å². The van der Waals surface area contributed by atoms with Crippen molar-refractivity contribution >= 4 is 17.4 Å². The first-order chi connectivity index (χ1) is 11.2. The number of carbonyl (C=O) groups is 2. The van der Waals surface area contributed by atoms with E-state index in [2.05, 4.69) is 16.4 Å². The summed E-state index contributed by atoms with van der Waals surface area (Å²) in [5, 5.41) is 2.75. The molecule has 2 aromatic rings. The third kappa shape index (κ3) is 4.03. The van der Waals surface area contributed by atoms with Crippen molar-refractivity contribution in [3.05, 3.63) is 59.4 Å². The predicted molar refractivity (Wildman–Crippen MR) is 89.5 cm³/mol. The quantitative estimate of drug-likeness (QED) is 0.859. The zero-order chi connectivity index (χ0) is 16.1. The van der Waals surface area contributed by atoms with Crippen LogP contribution >= 0.6 is 0 Å². The Morgan fingerprint density at radius 2 is 1.87 bits per heavy atom. The molecule has 0 unspecified atom stereocenters. The molecule has 4 heteroatoms. The molecule has 0 fully saturated rings. The number of pyridine rings is 1. The van der Waals surface area contributed by atoms with Crippen LogP contribution in [0.2, 0.25) is 0 Å². The summed E-state index contributed by atoms with van der Waals surface area (Å²) in [6.45, 7) is 0. The maximum absolute atomic E-state index is 12.3. The van der Waals surface area contributed by atoms with Crippen molar-refractivity contribution in [2.75, 3.05) is 5.32 Å². The number of hydrogen-bond acceptors (Lipinski definition) is 3. The van der Waals surface area contributed by atoms with E-state index in [1.165, 1.54) is 24.0 Å². The molecule has 0 bridgehead atoms. The van der Waals surface area contributed by atoms with Gasteiger partial charge in [0, 0.05) is 24.6 Å². The second-order valence-electron chi connectivity index (χ2n) is 5.90. The van der Waals surface area contributed by atoms with Gasteiger partial charge in [0.15, 0.2) is 5.78 Å². The molecular weight excluding hydrogens is 288 g/mol. The van der Waals surface area contributed by atoms with Crippen LogP contribution in [0.5, 0.6) is 0 Å². The molecule has 0 spiro atoms. The molecule has 118 valence electrons. The molecular formula is C19H20N2O2. The maximum Gasteiger partial charge on any atom is 0.224 e. The van der Waals surface area contributed by atoms with Crippen LogP contribution in [0.25, 0.3) is 0 Å². The van der Waals surface area contributed by atoms with E-state index in [-0.39, 0.29) is 24.5 Å². The van der Waals surface area contributed by atoms with Crippen molar-refractivity contribution < 1.29 is 9.59 Å². The van der Waals surface area contributed by atoms with Gasteiger partial charge < -0.3 is 5.32 Å². The van der Waals surface area contributed by atoms with Crippen molar-refractivity contribution in [2.45, 2.75) is 38.5 Å². The summed E-state index contributed by atoms with van der Waals surface area (Å²) in [6, 6.07) is 9.50. The van der Waals surface area contributed by atoms with Gasteiger partial charge >= 0.3 is 0 Å². The average Bonchev–Trinajstić information content (AvgIpc) is 2.60. The van der Waals surface area contributed by atoms with Crippen molar-refractivity contribution in [1.82, 2.24) is 4.98 Å². The van der Waals surface area contributed by atoms with Crippen molar-refractivity contribution in [3.8, 4) is 0 Å². The van der Waals surface area contributed by atoms with Crippen LogP contribution in [0.3, 0.4) is 0 Å². The fourth-order valence-electron chi connectivity index (χ4n) is 2.94. The molecule has 1 heterocycles. The number of anilines is 1. The van der Waals surface area contributed by atoms with E-state index in [9.17, 15) is 9.59 Å². The van der Waals surface area contributed by atoms with Gasteiger partial charge in [-0.1, -0.05) is 12.1 Å². The minimum Gasteiger partial charge on any atom is -0.325 e. The summed E-state index contributed by atoms with van der Waals surface area (Å²) >= 11 is 0. The molecule has 0 saturated heterocycles. The van der Waals surface area contributed by atoms with E-state index in [0.29, 0.717) is 5.69 Å². The first-order valence-electron chi connectivity index (χ1n) is 8.07. The summed E-state index contributed by atoms with van der Waals surface area (Å²) in [6.07, 6.45) is 8.23. The summed E-state index contributed by atoms with van der Waals surface area (Å²) in [4.78, 5) is 28.1. The number of fused-ring (bicyclic) bond motifs is 1. The highest BCUT2D eigenvalue weighted by atomic mass is 16.2. The summed E-state index contributed by atoms with van der Waals surface area (Å²) in [5.41, 5.74) is 4.03. The van der Waals surface area contributed by atoms with E-state index >= 15 is 0 Å². The van der Waals surface area contributed by atoms with Crippen LogP contribution in [-0.4, -0.2) is 16.7 Å². The molecule has 1 aliphatic carbocycles. The number of amides is 1. The highest BCUT2D eigenvalue weighted by molar-refractivity contribution is 6.00. The van der Waals surface area contributed by atoms with Crippen LogP contribution in [0, 0.1) is 0 Å². The molecule has 0 radical (unpaired) electrons. The second-order valence-corrected chi connectivity index (χ2v) is 5.90. The molecule has 1 N–H and O–H groups in total. The molecule has 0 atom stereocenters. The summed E-state index contributed by atoms with van der Waals surface area (Å²) in [5.74, 6) is -0.135. The fourth-order valence-corrected chi connectivity index (χ4v) is 2.94. The highest BCUT2D eigenvalue weighted by Gasteiger charge is 2.14. The van der Waals surface area contributed by atoms with Crippen molar-refractivity contribution in [1.29, 1.82) is 0 Å². The molecule has 1 aliphatic rings. The normalized spacial score (nSPS) is 13.2. The van der Waals surface area contributed by atoms with Crippen LogP contribution < -0.4 is 5.32 Å². The molecule has 0 saturated carbocycles.